The number of aryl methyl sites for hydroxylation is 1. The van der Waals surface area contributed by atoms with Crippen LogP contribution in [0.15, 0.2) is 51.8 Å². The Labute approximate surface area is 158 Å². The number of sulfonamides is 1. The number of H-pyrrole nitrogens is 1. The van der Waals surface area contributed by atoms with Gasteiger partial charge >= 0.3 is 5.97 Å². The second-order valence-electron chi connectivity index (χ2n) is 5.52. The van der Waals surface area contributed by atoms with Crippen molar-refractivity contribution < 1.29 is 18.3 Å². The first-order valence-corrected chi connectivity index (χ1v) is 9.50. The minimum Gasteiger partial charge on any atom is -0.477 e. The third-order valence-corrected chi connectivity index (χ3v) is 5.65. The van der Waals surface area contributed by atoms with E-state index in [4.69, 9.17) is 23.2 Å². The van der Waals surface area contributed by atoms with E-state index in [1.54, 1.807) is 25.1 Å². The maximum absolute atomic E-state index is 12.7. The van der Waals surface area contributed by atoms with Crippen LogP contribution in [-0.4, -0.2) is 24.5 Å². The van der Waals surface area contributed by atoms with Crippen molar-refractivity contribution in [3.05, 3.63) is 69.1 Å². The lowest BCUT2D eigenvalue weighted by molar-refractivity contribution is 0.0690. The Morgan fingerprint density at radius 2 is 1.85 bits per heavy atom. The predicted octanol–water partition coefficient (Wildman–Crippen LogP) is 3.77. The summed E-state index contributed by atoms with van der Waals surface area (Å²) in [4.78, 5) is 14.1. The number of benzene rings is 2. The van der Waals surface area contributed by atoms with Crippen molar-refractivity contribution in [3.8, 4) is 0 Å². The number of carboxylic acid groups (broad SMARTS) is 1. The fourth-order valence-corrected chi connectivity index (χ4v) is 4.35. The molecule has 0 saturated heterocycles. The van der Waals surface area contributed by atoms with E-state index in [0.29, 0.717) is 5.56 Å². The lowest BCUT2D eigenvalue weighted by atomic mass is 10.2. The molecule has 0 atom stereocenters. The van der Waals surface area contributed by atoms with Crippen LogP contribution in [0.1, 0.15) is 16.1 Å². The molecule has 134 valence electrons. The molecule has 26 heavy (non-hydrogen) atoms. The molecule has 3 rings (SSSR count). The van der Waals surface area contributed by atoms with Crippen LogP contribution in [0.3, 0.4) is 0 Å². The summed E-state index contributed by atoms with van der Waals surface area (Å²) in [5, 5.41) is 9.88. The number of aromatic nitrogens is 1. The minimum atomic E-state index is -4.08. The molecule has 0 bridgehead atoms. The zero-order valence-electron chi connectivity index (χ0n) is 13.3. The summed E-state index contributed by atoms with van der Waals surface area (Å²) in [6.45, 7) is 1.65. The van der Waals surface area contributed by atoms with Gasteiger partial charge in [-0.15, -0.1) is 0 Å². The van der Waals surface area contributed by atoms with Crippen LogP contribution in [0.5, 0.6) is 0 Å². The standard InChI is InChI=1S/C17H12Cl2N2O4S/c1-9-4-2-3-5-15(9)26(24,25)21-13-8-14(17(22)23)20-12-7-10(18)6-11(19)16(12)13/h2-8H,1H3,(H,20,21)(H,22,23). The molecule has 0 amide bonds. The van der Waals surface area contributed by atoms with Crippen LogP contribution in [0, 0.1) is 6.92 Å². The van der Waals surface area contributed by atoms with Crippen LogP contribution < -0.4 is 5.36 Å². The van der Waals surface area contributed by atoms with E-state index in [0.717, 1.165) is 6.07 Å². The Hall–Kier alpha value is -2.35. The van der Waals surface area contributed by atoms with Crippen molar-refractivity contribution in [3.63, 3.8) is 0 Å². The number of carboxylic acids is 1. The van der Waals surface area contributed by atoms with Crippen molar-refractivity contribution in [2.75, 3.05) is 0 Å². The van der Waals surface area contributed by atoms with E-state index in [1.807, 2.05) is 0 Å². The number of aromatic amines is 1. The van der Waals surface area contributed by atoms with E-state index < -0.39 is 16.0 Å². The second-order valence-corrected chi connectivity index (χ2v) is 7.93. The lowest BCUT2D eigenvalue weighted by Crippen LogP contribution is -2.14. The fourth-order valence-electron chi connectivity index (χ4n) is 2.53. The average molecular weight is 411 g/mol. The van der Waals surface area contributed by atoms with Crippen molar-refractivity contribution in [2.24, 2.45) is 4.40 Å². The molecule has 0 aliphatic carbocycles. The maximum Gasteiger partial charge on any atom is 0.352 e. The summed E-state index contributed by atoms with van der Waals surface area (Å²) < 4.78 is 29.3. The van der Waals surface area contributed by atoms with Crippen LogP contribution in [0.2, 0.25) is 10.0 Å². The number of halogens is 2. The van der Waals surface area contributed by atoms with Gasteiger partial charge < -0.3 is 10.1 Å². The first-order chi connectivity index (χ1) is 12.2. The Kier molecular flexibility index (Phi) is 4.79. The molecule has 1 heterocycles. The fraction of sp³-hybridized carbons (Fsp3) is 0.0588. The Bertz CT molecular complexity index is 1220. The van der Waals surface area contributed by atoms with Gasteiger partial charge in [0.25, 0.3) is 10.0 Å². The minimum absolute atomic E-state index is 0.0305. The average Bonchev–Trinajstić information content (AvgIpc) is 2.53. The van der Waals surface area contributed by atoms with E-state index in [2.05, 4.69) is 9.38 Å². The highest BCUT2D eigenvalue weighted by atomic mass is 35.5. The molecular formula is C17H12Cl2N2O4S. The van der Waals surface area contributed by atoms with Crippen LogP contribution in [0.25, 0.3) is 10.9 Å². The van der Waals surface area contributed by atoms with Crippen molar-refractivity contribution in [2.45, 2.75) is 11.8 Å². The number of hydrogen-bond donors (Lipinski definition) is 2. The molecule has 0 fully saturated rings. The maximum atomic E-state index is 12.7. The number of aromatic carboxylic acids is 1. The quantitative estimate of drug-likeness (QED) is 0.685. The molecule has 0 saturated carbocycles. The number of hydrogen-bond acceptors (Lipinski definition) is 3. The zero-order chi connectivity index (χ0) is 19.1. The van der Waals surface area contributed by atoms with E-state index >= 15 is 0 Å². The molecular weight excluding hydrogens is 399 g/mol. The summed E-state index contributed by atoms with van der Waals surface area (Å²) >= 11 is 12.2. The molecule has 6 nitrogen and oxygen atoms in total. The molecule has 0 spiro atoms. The highest BCUT2D eigenvalue weighted by Crippen LogP contribution is 2.25. The predicted molar refractivity (Wildman–Crippen MR) is 99.2 cm³/mol. The largest absolute Gasteiger partial charge is 0.477 e. The van der Waals surface area contributed by atoms with E-state index in [9.17, 15) is 18.3 Å². The summed E-state index contributed by atoms with van der Waals surface area (Å²) in [7, 11) is -4.08. The topological polar surface area (TPSA) is 99.6 Å². The Morgan fingerprint density at radius 1 is 1.15 bits per heavy atom. The first-order valence-electron chi connectivity index (χ1n) is 7.31. The molecule has 0 unspecified atom stereocenters. The summed E-state index contributed by atoms with van der Waals surface area (Å²) in [5.74, 6) is -1.27. The number of rotatable bonds is 3. The van der Waals surface area contributed by atoms with Gasteiger partial charge in [-0.3, -0.25) is 0 Å². The van der Waals surface area contributed by atoms with Gasteiger partial charge in [0.15, 0.2) is 0 Å². The number of pyridine rings is 1. The molecule has 0 aliphatic rings. The number of nitrogens with zero attached hydrogens (tertiary/aromatic N) is 1. The first kappa shape index (κ1) is 18.4. The number of fused-ring (bicyclic) bond motifs is 1. The van der Waals surface area contributed by atoms with Gasteiger partial charge in [0.1, 0.15) is 5.69 Å². The summed E-state index contributed by atoms with van der Waals surface area (Å²) in [6.07, 6.45) is 0. The molecule has 0 radical (unpaired) electrons. The Morgan fingerprint density at radius 3 is 2.50 bits per heavy atom. The van der Waals surface area contributed by atoms with Crippen LogP contribution in [0.4, 0.5) is 0 Å². The van der Waals surface area contributed by atoms with Gasteiger partial charge in [-0.1, -0.05) is 41.4 Å². The molecule has 3 aromatic rings. The third-order valence-electron chi connectivity index (χ3n) is 3.68. The van der Waals surface area contributed by atoms with Crippen LogP contribution in [-0.2, 0) is 10.0 Å². The monoisotopic (exact) mass is 410 g/mol. The van der Waals surface area contributed by atoms with Crippen molar-refractivity contribution in [1.29, 1.82) is 0 Å². The SMILES string of the molecule is Cc1ccccc1S(=O)(=O)N=c1cc(C(=O)O)[nH]c2cc(Cl)cc(Cl)c12. The second kappa shape index (κ2) is 6.75. The van der Waals surface area contributed by atoms with Crippen LogP contribution >= 0.6 is 23.2 Å². The van der Waals surface area contributed by atoms with E-state index in [1.165, 1.54) is 18.2 Å². The smallest absolute Gasteiger partial charge is 0.352 e. The number of carbonyl (C=O) groups is 1. The molecule has 1 aromatic heterocycles. The molecule has 2 N–H and O–H groups in total. The van der Waals surface area contributed by atoms with Gasteiger partial charge in [-0.2, -0.15) is 12.8 Å². The van der Waals surface area contributed by atoms with Gasteiger partial charge in [0.2, 0.25) is 0 Å². The molecule has 0 aliphatic heterocycles. The molecule has 2 aromatic carbocycles. The van der Waals surface area contributed by atoms with Crippen molar-refractivity contribution in [1.82, 2.24) is 4.98 Å². The zero-order valence-corrected chi connectivity index (χ0v) is 15.7. The van der Waals surface area contributed by atoms with Crippen molar-refractivity contribution >= 4 is 50.1 Å². The highest BCUT2D eigenvalue weighted by molar-refractivity contribution is 7.90. The highest BCUT2D eigenvalue weighted by Gasteiger charge is 2.17. The van der Waals surface area contributed by atoms with Gasteiger partial charge in [-0.05, 0) is 36.8 Å². The Balaban J connectivity index is 2.42. The normalized spacial score (nSPS) is 12.5. The van der Waals surface area contributed by atoms with Gasteiger partial charge in [-0.25, -0.2) is 4.79 Å². The lowest BCUT2D eigenvalue weighted by Gasteiger charge is -2.07. The van der Waals surface area contributed by atoms with E-state index in [-0.39, 0.29) is 36.9 Å². The third kappa shape index (κ3) is 3.46. The molecule has 9 heteroatoms. The summed E-state index contributed by atoms with van der Waals surface area (Å²) in [6, 6.07) is 10.4. The van der Waals surface area contributed by atoms with Gasteiger partial charge in [0, 0.05) is 10.4 Å². The number of nitrogens with one attached hydrogen (secondary N) is 1. The van der Waals surface area contributed by atoms with Gasteiger partial charge in [0.05, 0.1) is 20.8 Å². The summed E-state index contributed by atoms with van der Waals surface area (Å²) in [5.41, 5.74) is 0.548.